The number of amides is 1. The summed E-state index contributed by atoms with van der Waals surface area (Å²) < 4.78 is 7.44. The Morgan fingerprint density at radius 3 is 2.79 bits per heavy atom. The molecule has 0 radical (unpaired) electrons. The van der Waals surface area contributed by atoms with E-state index in [1.165, 1.54) is 6.20 Å². The molecule has 1 N–H and O–H groups in total. The van der Waals surface area contributed by atoms with E-state index in [1.54, 1.807) is 13.8 Å². The Kier molecular flexibility index (Phi) is 3.70. The van der Waals surface area contributed by atoms with E-state index in [9.17, 15) is 9.59 Å². The molecule has 5 nitrogen and oxygen atoms in total. The zero-order valence-corrected chi connectivity index (χ0v) is 8.80. The second kappa shape index (κ2) is 4.80. The van der Waals surface area contributed by atoms with Crippen LogP contribution >= 0.6 is 11.7 Å². The van der Waals surface area contributed by atoms with Gasteiger partial charge in [-0.2, -0.15) is 8.75 Å². The predicted octanol–water partition coefficient (Wildman–Crippen LogP) is 0.493. The van der Waals surface area contributed by atoms with Gasteiger partial charge in [0.25, 0.3) is 5.91 Å². The number of hydrogen-bond donors (Lipinski definition) is 1. The lowest BCUT2D eigenvalue weighted by Crippen LogP contribution is -2.31. The van der Waals surface area contributed by atoms with Crippen LogP contribution in [0.1, 0.15) is 24.3 Å². The van der Waals surface area contributed by atoms with Crippen LogP contribution in [-0.4, -0.2) is 27.0 Å². The Labute approximate surface area is 85.9 Å². The topological polar surface area (TPSA) is 72.0 Å². The predicted molar refractivity (Wildman–Crippen MR) is 52.1 cm³/mol. The Balaban J connectivity index is 2.40. The van der Waals surface area contributed by atoms with Crippen LogP contribution in [0.4, 0.5) is 0 Å². The van der Waals surface area contributed by atoms with Crippen LogP contribution in [-0.2, 0) is 4.79 Å². The minimum Gasteiger partial charge on any atom is -0.344 e. The van der Waals surface area contributed by atoms with Crippen LogP contribution in [0.5, 0.6) is 0 Å². The molecule has 6 heteroatoms. The molecule has 0 spiro atoms. The van der Waals surface area contributed by atoms with Crippen LogP contribution in [0.2, 0.25) is 0 Å². The normalized spacial score (nSPS) is 10.2. The van der Waals surface area contributed by atoms with Crippen LogP contribution in [0.15, 0.2) is 6.20 Å². The van der Waals surface area contributed by atoms with Gasteiger partial charge < -0.3 is 5.32 Å². The number of nitrogens with one attached hydrogen (secondary N) is 1. The van der Waals surface area contributed by atoms with E-state index in [4.69, 9.17) is 0 Å². The minimum absolute atomic E-state index is 0.00142. The Morgan fingerprint density at radius 2 is 2.29 bits per heavy atom. The third-order valence-corrected chi connectivity index (χ3v) is 2.14. The lowest BCUT2D eigenvalue weighted by molar-refractivity contribution is -0.120. The average Bonchev–Trinajstić information content (AvgIpc) is 2.66. The average molecular weight is 213 g/mol. The first-order chi connectivity index (χ1) is 6.61. The molecule has 0 aliphatic heterocycles. The zero-order valence-electron chi connectivity index (χ0n) is 7.98. The van der Waals surface area contributed by atoms with Crippen molar-refractivity contribution in [1.82, 2.24) is 14.1 Å². The lowest BCUT2D eigenvalue weighted by atomic mass is 10.1. The van der Waals surface area contributed by atoms with Crippen molar-refractivity contribution in [2.24, 2.45) is 5.92 Å². The molecule has 0 aliphatic rings. The number of nitrogens with zero attached hydrogens (tertiary/aromatic N) is 2. The Morgan fingerprint density at radius 1 is 1.57 bits per heavy atom. The van der Waals surface area contributed by atoms with Crippen molar-refractivity contribution < 1.29 is 9.59 Å². The highest BCUT2D eigenvalue weighted by Crippen LogP contribution is 1.96. The second-order valence-electron chi connectivity index (χ2n) is 3.10. The van der Waals surface area contributed by atoms with Gasteiger partial charge in [0.1, 0.15) is 0 Å². The molecule has 1 aromatic heterocycles. The summed E-state index contributed by atoms with van der Waals surface area (Å²) in [6, 6.07) is 0. The van der Waals surface area contributed by atoms with E-state index < -0.39 is 0 Å². The fourth-order valence-corrected chi connectivity index (χ4v) is 1.14. The van der Waals surface area contributed by atoms with E-state index in [0.717, 1.165) is 11.7 Å². The van der Waals surface area contributed by atoms with Gasteiger partial charge in [0.15, 0.2) is 11.5 Å². The van der Waals surface area contributed by atoms with Gasteiger partial charge in [-0.25, -0.2) is 0 Å². The molecule has 1 rings (SSSR count). The fourth-order valence-electron chi connectivity index (χ4n) is 0.727. The third kappa shape index (κ3) is 2.88. The molecule has 0 fully saturated rings. The second-order valence-corrected chi connectivity index (χ2v) is 3.65. The van der Waals surface area contributed by atoms with Gasteiger partial charge in [-0.15, -0.1) is 0 Å². The smallest absolute Gasteiger partial charge is 0.273 e. The van der Waals surface area contributed by atoms with Gasteiger partial charge in [-0.05, 0) is 0 Å². The summed E-state index contributed by atoms with van der Waals surface area (Å²) in [7, 11) is 0. The monoisotopic (exact) mass is 213 g/mol. The molecule has 76 valence electrons. The van der Waals surface area contributed by atoms with Crippen molar-refractivity contribution in [2.75, 3.05) is 6.54 Å². The Bertz CT molecular complexity index is 321. The van der Waals surface area contributed by atoms with Crippen molar-refractivity contribution in [1.29, 1.82) is 0 Å². The van der Waals surface area contributed by atoms with Gasteiger partial charge in [0, 0.05) is 5.92 Å². The fraction of sp³-hybridized carbons (Fsp3) is 0.500. The molecular formula is C8H11N3O2S. The molecule has 0 aromatic carbocycles. The molecule has 0 saturated carbocycles. The van der Waals surface area contributed by atoms with E-state index in [-0.39, 0.29) is 29.8 Å². The molecule has 0 aliphatic carbocycles. The van der Waals surface area contributed by atoms with Crippen molar-refractivity contribution in [2.45, 2.75) is 13.8 Å². The van der Waals surface area contributed by atoms with Crippen molar-refractivity contribution in [3.05, 3.63) is 11.9 Å². The zero-order chi connectivity index (χ0) is 10.6. The summed E-state index contributed by atoms with van der Waals surface area (Å²) >= 11 is 0.963. The Hall–Kier alpha value is -1.30. The standard InChI is InChI=1S/C8H11N3O2S/c1-5(2)7(12)4-9-8(13)6-3-10-14-11-6/h3,5H,4H2,1-2H3,(H,9,13). The molecule has 1 amide bonds. The number of carbonyl (C=O) groups is 2. The molecule has 1 heterocycles. The van der Waals surface area contributed by atoms with Gasteiger partial charge in [-0.3, -0.25) is 9.59 Å². The molecule has 1 aromatic rings. The van der Waals surface area contributed by atoms with Crippen LogP contribution < -0.4 is 5.32 Å². The van der Waals surface area contributed by atoms with Crippen molar-refractivity contribution in [3.8, 4) is 0 Å². The summed E-state index contributed by atoms with van der Waals surface area (Å²) in [6.45, 7) is 3.63. The highest BCUT2D eigenvalue weighted by Gasteiger charge is 2.11. The maximum atomic E-state index is 11.3. The first-order valence-electron chi connectivity index (χ1n) is 4.19. The van der Waals surface area contributed by atoms with Gasteiger partial charge in [0.05, 0.1) is 24.5 Å². The van der Waals surface area contributed by atoms with Gasteiger partial charge in [-0.1, -0.05) is 13.8 Å². The highest BCUT2D eigenvalue weighted by molar-refractivity contribution is 6.99. The van der Waals surface area contributed by atoms with Gasteiger partial charge in [0.2, 0.25) is 0 Å². The van der Waals surface area contributed by atoms with E-state index >= 15 is 0 Å². The van der Waals surface area contributed by atoms with E-state index in [1.807, 2.05) is 0 Å². The SMILES string of the molecule is CC(C)C(=O)CNC(=O)c1cnsn1. The van der Waals surface area contributed by atoms with E-state index in [0.29, 0.717) is 0 Å². The number of ketones is 1. The van der Waals surface area contributed by atoms with Crippen LogP contribution in [0.25, 0.3) is 0 Å². The molecule has 0 bridgehead atoms. The largest absolute Gasteiger partial charge is 0.344 e. The number of hydrogen-bond acceptors (Lipinski definition) is 5. The summed E-state index contributed by atoms with van der Waals surface area (Å²) in [4.78, 5) is 22.4. The highest BCUT2D eigenvalue weighted by atomic mass is 32.1. The minimum atomic E-state index is -0.354. The number of rotatable bonds is 4. The number of carbonyl (C=O) groups excluding carboxylic acids is 2. The first-order valence-corrected chi connectivity index (χ1v) is 4.92. The maximum absolute atomic E-state index is 11.3. The summed E-state index contributed by atoms with van der Waals surface area (Å²) in [5.74, 6) is -0.418. The lowest BCUT2D eigenvalue weighted by Gasteiger charge is -2.04. The maximum Gasteiger partial charge on any atom is 0.273 e. The van der Waals surface area contributed by atoms with E-state index in [2.05, 4.69) is 14.1 Å². The molecule has 0 saturated heterocycles. The van der Waals surface area contributed by atoms with Crippen LogP contribution in [0, 0.1) is 5.92 Å². The molecule has 0 atom stereocenters. The quantitative estimate of drug-likeness (QED) is 0.790. The van der Waals surface area contributed by atoms with Crippen LogP contribution in [0.3, 0.4) is 0 Å². The van der Waals surface area contributed by atoms with Crippen molar-refractivity contribution in [3.63, 3.8) is 0 Å². The summed E-state index contributed by atoms with van der Waals surface area (Å²) in [6.07, 6.45) is 1.37. The number of Topliss-reactive ketones (excluding diaryl/α,β-unsaturated/α-hetero) is 1. The number of aromatic nitrogens is 2. The summed E-state index contributed by atoms with van der Waals surface area (Å²) in [5.41, 5.74) is 0.256. The third-order valence-electron chi connectivity index (χ3n) is 1.66. The van der Waals surface area contributed by atoms with Crippen molar-refractivity contribution >= 4 is 23.4 Å². The van der Waals surface area contributed by atoms with Gasteiger partial charge >= 0.3 is 0 Å². The molecule has 14 heavy (non-hydrogen) atoms. The summed E-state index contributed by atoms with van der Waals surface area (Å²) in [5, 5.41) is 2.48. The molecule has 0 unspecified atom stereocenters. The molecular weight excluding hydrogens is 202 g/mol. The first kappa shape index (κ1) is 10.8.